The number of hydrogen-bond donors (Lipinski definition) is 0. The summed E-state index contributed by atoms with van der Waals surface area (Å²) in [5, 5.41) is 0. The van der Waals surface area contributed by atoms with Gasteiger partial charge < -0.3 is 0 Å². The molecule has 0 aromatic carbocycles. The Bertz CT molecular complexity index is 496. The van der Waals surface area contributed by atoms with Crippen molar-refractivity contribution in [1.29, 1.82) is 0 Å². The Morgan fingerprint density at radius 2 is 1.86 bits per heavy atom. The zero-order valence-corrected chi connectivity index (χ0v) is 15.3. The van der Waals surface area contributed by atoms with Crippen LogP contribution in [0.5, 0.6) is 0 Å². The summed E-state index contributed by atoms with van der Waals surface area (Å²) in [4.78, 5) is 2.72. The summed E-state index contributed by atoms with van der Waals surface area (Å²) in [5.41, 5.74) is 2.46. The minimum absolute atomic E-state index is 0.576. The van der Waals surface area contributed by atoms with Gasteiger partial charge in [0.15, 0.2) is 0 Å². The van der Waals surface area contributed by atoms with E-state index in [9.17, 15) is 0 Å². The summed E-state index contributed by atoms with van der Waals surface area (Å²) in [7, 11) is 0. The molecule has 0 radical (unpaired) electrons. The molecule has 116 valence electrons. The number of fused-ring (bicyclic) bond motifs is 1. The number of thiophene rings is 1. The second kappa shape index (κ2) is 11.3. The van der Waals surface area contributed by atoms with E-state index in [4.69, 9.17) is 0 Å². The number of allylic oxidation sites excluding steroid dienone is 6. The molecule has 0 spiro atoms. The molecule has 1 aliphatic carbocycles. The molecular weight excluding hydrogens is 272 g/mol. The van der Waals surface area contributed by atoms with Gasteiger partial charge in [0.25, 0.3) is 0 Å². The summed E-state index contributed by atoms with van der Waals surface area (Å²) in [6.07, 6.45) is 14.0. The third-order valence-corrected chi connectivity index (χ3v) is 3.92. The van der Waals surface area contributed by atoms with Crippen molar-refractivity contribution in [1.82, 2.24) is 0 Å². The molecule has 21 heavy (non-hydrogen) atoms. The molecule has 2 rings (SSSR count). The van der Waals surface area contributed by atoms with Gasteiger partial charge in [-0.05, 0) is 23.1 Å². The Morgan fingerprint density at radius 3 is 2.48 bits per heavy atom. The molecule has 1 aromatic heterocycles. The molecule has 0 bridgehead atoms. The van der Waals surface area contributed by atoms with E-state index in [-0.39, 0.29) is 0 Å². The van der Waals surface area contributed by atoms with Crippen LogP contribution in [0.1, 0.15) is 56.9 Å². The van der Waals surface area contributed by atoms with E-state index in [2.05, 4.69) is 62.9 Å². The first kappa shape index (κ1) is 19.7. The highest BCUT2D eigenvalue weighted by atomic mass is 32.1. The van der Waals surface area contributed by atoms with Gasteiger partial charge in [0.1, 0.15) is 0 Å². The van der Waals surface area contributed by atoms with E-state index in [0.29, 0.717) is 5.92 Å². The molecule has 1 heterocycles. The second-order valence-electron chi connectivity index (χ2n) is 4.61. The molecule has 1 aromatic rings. The van der Waals surface area contributed by atoms with Gasteiger partial charge in [-0.15, -0.1) is 11.3 Å². The lowest BCUT2D eigenvalue weighted by atomic mass is 10.1. The fourth-order valence-corrected chi connectivity index (χ4v) is 2.78. The predicted molar refractivity (Wildman–Crippen MR) is 102 cm³/mol. The van der Waals surface area contributed by atoms with E-state index in [1.54, 1.807) is 0 Å². The van der Waals surface area contributed by atoms with Crippen molar-refractivity contribution in [3.63, 3.8) is 0 Å². The van der Waals surface area contributed by atoms with Gasteiger partial charge in [0.2, 0.25) is 0 Å². The fourth-order valence-electron chi connectivity index (χ4n) is 1.71. The number of hydrogen-bond acceptors (Lipinski definition) is 1. The zero-order valence-electron chi connectivity index (χ0n) is 14.4. The monoisotopic (exact) mass is 302 g/mol. The van der Waals surface area contributed by atoms with Crippen LogP contribution in [-0.2, 0) is 6.42 Å². The maximum Gasteiger partial charge on any atom is 0.0345 e. The second-order valence-corrected chi connectivity index (χ2v) is 5.75. The lowest BCUT2D eigenvalue weighted by Gasteiger charge is -1.96. The average molecular weight is 303 g/mol. The molecule has 0 amide bonds. The van der Waals surface area contributed by atoms with Gasteiger partial charge in [0.05, 0.1) is 0 Å². The van der Waals surface area contributed by atoms with Crippen LogP contribution in [-0.4, -0.2) is 0 Å². The van der Waals surface area contributed by atoms with Crippen molar-refractivity contribution >= 4 is 23.0 Å². The van der Waals surface area contributed by atoms with Crippen LogP contribution >= 0.6 is 11.3 Å². The van der Waals surface area contributed by atoms with E-state index in [1.165, 1.54) is 15.3 Å². The Labute approximate surface area is 135 Å². The topological polar surface area (TPSA) is 0 Å². The van der Waals surface area contributed by atoms with Crippen molar-refractivity contribution in [2.45, 2.75) is 48.0 Å². The van der Waals surface area contributed by atoms with Crippen LogP contribution in [0, 0.1) is 5.92 Å². The average Bonchev–Trinajstić information content (AvgIpc) is 2.80. The quantitative estimate of drug-likeness (QED) is 0.520. The minimum atomic E-state index is 0.576. The Morgan fingerprint density at radius 1 is 1.19 bits per heavy atom. The lowest BCUT2D eigenvalue weighted by Crippen LogP contribution is -1.78. The van der Waals surface area contributed by atoms with Gasteiger partial charge in [-0.1, -0.05) is 84.6 Å². The first-order valence-electron chi connectivity index (χ1n) is 8.00. The minimum Gasteiger partial charge on any atom is -0.139 e. The highest BCUT2D eigenvalue weighted by molar-refractivity contribution is 7.13. The van der Waals surface area contributed by atoms with Crippen molar-refractivity contribution in [3.05, 3.63) is 58.3 Å². The molecule has 0 saturated carbocycles. The van der Waals surface area contributed by atoms with Gasteiger partial charge in [-0.25, -0.2) is 0 Å². The Hall–Kier alpha value is -1.34. The molecule has 0 atom stereocenters. The molecule has 0 nitrogen and oxygen atoms in total. The van der Waals surface area contributed by atoms with Crippen molar-refractivity contribution in [3.8, 4) is 0 Å². The lowest BCUT2D eigenvalue weighted by molar-refractivity contribution is 0.832. The first-order chi connectivity index (χ1) is 10.2. The molecule has 0 saturated heterocycles. The van der Waals surface area contributed by atoms with Crippen molar-refractivity contribution in [2.24, 2.45) is 5.92 Å². The maximum absolute atomic E-state index is 4.15. The highest BCUT2D eigenvalue weighted by Gasteiger charge is 2.08. The van der Waals surface area contributed by atoms with Gasteiger partial charge in [0, 0.05) is 16.2 Å². The smallest absolute Gasteiger partial charge is 0.0345 e. The zero-order chi connectivity index (χ0) is 16.3. The summed E-state index contributed by atoms with van der Waals surface area (Å²) in [5.74, 6) is 0.576. The SMILES string of the molecule is C=C(/C=C\C(C)C)c1cc2c(s1)CC=CC=C2.CC.CC. The van der Waals surface area contributed by atoms with Crippen LogP contribution in [0.3, 0.4) is 0 Å². The van der Waals surface area contributed by atoms with E-state index >= 15 is 0 Å². The number of rotatable bonds is 3. The molecular formula is C20H30S. The molecule has 1 aliphatic rings. The van der Waals surface area contributed by atoms with E-state index in [0.717, 1.165) is 12.0 Å². The standard InChI is InChI=1S/C16H18S.2C2H6/c1-12(2)9-10-13(3)16-11-14-7-5-4-6-8-15(14)17-16;2*1-2/h4-7,9-12H,3,8H2,1-2H3;2*1-2H3/b10-9-;;. The van der Waals surface area contributed by atoms with E-state index in [1.807, 2.05) is 39.0 Å². The Kier molecular flexibility index (Phi) is 10.6. The molecule has 1 heteroatoms. The van der Waals surface area contributed by atoms with Gasteiger partial charge >= 0.3 is 0 Å². The van der Waals surface area contributed by atoms with Crippen LogP contribution in [0.2, 0.25) is 0 Å². The van der Waals surface area contributed by atoms with Crippen LogP contribution in [0.4, 0.5) is 0 Å². The Balaban J connectivity index is 0.000000921. The first-order valence-corrected chi connectivity index (χ1v) is 8.82. The molecule has 0 unspecified atom stereocenters. The maximum atomic E-state index is 4.15. The van der Waals surface area contributed by atoms with Crippen molar-refractivity contribution in [2.75, 3.05) is 0 Å². The fraction of sp³-hybridized carbons (Fsp3) is 0.400. The van der Waals surface area contributed by atoms with Gasteiger partial charge in [-0.3, -0.25) is 0 Å². The summed E-state index contributed by atoms with van der Waals surface area (Å²) in [6, 6.07) is 2.25. The highest BCUT2D eigenvalue weighted by Crippen LogP contribution is 2.31. The molecule has 0 aliphatic heterocycles. The third-order valence-electron chi connectivity index (χ3n) is 2.67. The largest absolute Gasteiger partial charge is 0.139 e. The summed E-state index contributed by atoms with van der Waals surface area (Å²) < 4.78 is 0. The molecule has 0 fully saturated rings. The predicted octanol–water partition coefficient (Wildman–Crippen LogP) is 7.15. The normalized spacial score (nSPS) is 12.1. The van der Waals surface area contributed by atoms with Crippen LogP contribution < -0.4 is 0 Å². The summed E-state index contributed by atoms with van der Waals surface area (Å²) >= 11 is 1.86. The summed E-state index contributed by atoms with van der Waals surface area (Å²) in [6.45, 7) is 16.5. The van der Waals surface area contributed by atoms with Crippen LogP contribution in [0.15, 0.2) is 43.0 Å². The van der Waals surface area contributed by atoms with E-state index < -0.39 is 0 Å². The van der Waals surface area contributed by atoms with Crippen LogP contribution in [0.25, 0.3) is 11.6 Å². The third kappa shape index (κ3) is 6.77. The van der Waals surface area contributed by atoms with Gasteiger partial charge in [-0.2, -0.15) is 0 Å². The molecule has 0 N–H and O–H groups in total. The van der Waals surface area contributed by atoms with Crippen molar-refractivity contribution < 1.29 is 0 Å².